The fraction of sp³-hybridized carbons (Fsp3) is 0.480. The molecule has 1 aliphatic rings. The van der Waals surface area contributed by atoms with Crippen LogP contribution < -0.4 is 31.5 Å². The summed E-state index contributed by atoms with van der Waals surface area (Å²) in [6.07, 6.45) is 2.36. The molecule has 2 aromatic carbocycles. The van der Waals surface area contributed by atoms with Crippen LogP contribution in [0, 0.1) is 14.3 Å². The van der Waals surface area contributed by atoms with E-state index in [9.17, 15) is 27.7 Å². The molecule has 0 heterocycles. The second kappa shape index (κ2) is 14.0. The van der Waals surface area contributed by atoms with E-state index in [1.807, 2.05) is 23.7 Å². The first-order valence-electron chi connectivity index (χ1n) is 12.4. The second-order valence-electron chi connectivity index (χ2n) is 9.59. The molecule has 0 bridgehead atoms. The number of thioether (sulfide) groups is 1. The van der Waals surface area contributed by atoms with Gasteiger partial charge >= 0.3 is 243 Å². The molecule has 1 aliphatic carbocycles. The zero-order chi connectivity index (χ0) is 28.6. The third-order valence-electron chi connectivity index (χ3n) is 6.26. The number of anilines is 1. The van der Waals surface area contributed by atoms with Gasteiger partial charge in [0.15, 0.2) is 0 Å². The molecule has 14 heteroatoms. The standard InChI is InChI=1S/C25H33F2IN4O5S2/c1-31(2)15-12-18(17-38-23-9-5-4-8-20(23)26)29-22-11-10-19(16-21(22)28-32(34)35)39(36,37)30-24(33)25(27)13-6-3-7-14-25/h4-5,8-11,16,18,29H,3,6-7,12-15,17H2,1-2H3,(H,30,33)(H,34,35)/t18-/m1/s1. The van der Waals surface area contributed by atoms with Gasteiger partial charge in [0.2, 0.25) is 0 Å². The number of alkyl halides is 1. The molecular formula is C25H33F2IN4O5S2. The molecule has 0 aliphatic heterocycles. The van der Waals surface area contributed by atoms with Crippen molar-refractivity contribution in [2.45, 2.75) is 60.0 Å². The van der Waals surface area contributed by atoms with Crippen LogP contribution in [0.15, 0.2) is 52.3 Å². The monoisotopic (exact) mass is 698 g/mol. The molecule has 1 saturated carbocycles. The molecule has 0 spiro atoms. The van der Waals surface area contributed by atoms with Crippen molar-refractivity contribution < 1.29 is 51.8 Å². The fourth-order valence-corrected chi connectivity index (χ4v) is 7.93. The summed E-state index contributed by atoms with van der Waals surface area (Å²) in [5.74, 6) is -1.05. The Labute approximate surface area is 242 Å². The van der Waals surface area contributed by atoms with Gasteiger partial charge in [0, 0.05) is 0 Å². The van der Waals surface area contributed by atoms with E-state index in [1.165, 1.54) is 36.0 Å². The molecule has 0 radical (unpaired) electrons. The molecular weight excluding hydrogens is 665 g/mol. The third-order valence-corrected chi connectivity index (χ3v) is 10.6. The SMILES string of the molecule is CN(C)CC[C@H](CSc1ccccc1F)Nc1ccc(S(=O)(=O)NC(=O)C2(F)CCCCC2)cc1[I-][N+](=O)O. The van der Waals surface area contributed by atoms with E-state index in [-0.39, 0.29) is 36.3 Å². The van der Waals surface area contributed by atoms with Crippen molar-refractivity contribution in [1.29, 1.82) is 0 Å². The summed E-state index contributed by atoms with van der Waals surface area (Å²) >= 11 is -0.410. The van der Waals surface area contributed by atoms with Gasteiger partial charge in [-0.25, -0.2) is 0 Å². The third kappa shape index (κ3) is 9.25. The average molecular weight is 699 g/mol. The van der Waals surface area contributed by atoms with Crippen LogP contribution in [0.25, 0.3) is 0 Å². The van der Waals surface area contributed by atoms with Gasteiger partial charge in [-0.05, 0) is 0 Å². The van der Waals surface area contributed by atoms with Gasteiger partial charge in [-0.3, -0.25) is 0 Å². The molecule has 1 fully saturated rings. The number of rotatable bonds is 13. The predicted octanol–water partition coefficient (Wildman–Crippen LogP) is 1.17. The molecule has 0 saturated heterocycles. The van der Waals surface area contributed by atoms with Gasteiger partial charge in [0.1, 0.15) is 0 Å². The molecule has 0 unspecified atom stereocenters. The Bertz CT molecular complexity index is 1280. The first-order chi connectivity index (χ1) is 18.4. The van der Waals surface area contributed by atoms with Crippen LogP contribution in [0.1, 0.15) is 38.5 Å². The number of nitrogens with one attached hydrogen (secondary N) is 2. The molecule has 9 nitrogen and oxygen atoms in total. The molecule has 2 aromatic rings. The first kappa shape index (κ1) is 31.5. The number of benzene rings is 2. The van der Waals surface area contributed by atoms with Crippen molar-refractivity contribution in [3.05, 3.63) is 56.8 Å². The van der Waals surface area contributed by atoms with E-state index in [1.54, 1.807) is 18.2 Å². The Morgan fingerprint density at radius 1 is 1.21 bits per heavy atom. The van der Waals surface area contributed by atoms with Crippen LogP contribution in [0.3, 0.4) is 0 Å². The summed E-state index contributed by atoms with van der Waals surface area (Å²) in [6, 6.07) is 10.2. The van der Waals surface area contributed by atoms with Crippen LogP contribution in [-0.4, -0.2) is 65.7 Å². The van der Waals surface area contributed by atoms with Crippen molar-refractivity contribution in [2.24, 2.45) is 0 Å². The zero-order valence-corrected chi connectivity index (χ0v) is 25.5. The molecule has 3 rings (SSSR count). The van der Waals surface area contributed by atoms with Crippen LogP contribution in [0.5, 0.6) is 0 Å². The van der Waals surface area contributed by atoms with Crippen LogP contribution >= 0.6 is 11.8 Å². The van der Waals surface area contributed by atoms with Gasteiger partial charge in [-0.15, -0.1) is 0 Å². The number of amides is 1. The van der Waals surface area contributed by atoms with E-state index in [2.05, 4.69) is 5.32 Å². The van der Waals surface area contributed by atoms with E-state index >= 15 is 4.39 Å². The minimum atomic E-state index is -4.43. The van der Waals surface area contributed by atoms with Gasteiger partial charge in [0.05, 0.1) is 0 Å². The van der Waals surface area contributed by atoms with E-state index in [0.29, 0.717) is 42.1 Å². The molecule has 1 atom stereocenters. The predicted molar refractivity (Wildman–Crippen MR) is 141 cm³/mol. The van der Waals surface area contributed by atoms with Crippen molar-refractivity contribution in [1.82, 2.24) is 9.62 Å². The van der Waals surface area contributed by atoms with E-state index in [0.717, 1.165) is 6.42 Å². The van der Waals surface area contributed by atoms with Crippen molar-refractivity contribution in [3.8, 4) is 0 Å². The summed E-state index contributed by atoms with van der Waals surface area (Å²) in [7, 11) is -0.590. The van der Waals surface area contributed by atoms with Gasteiger partial charge in [0.25, 0.3) is 0 Å². The quantitative estimate of drug-likeness (QED) is 0.124. The van der Waals surface area contributed by atoms with Crippen molar-refractivity contribution in [2.75, 3.05) is 31.7 Å². The summed E-state index contributed by atoms with van der Waals surface area (Å²) in [4.78, 5) is 26.3. The summed E-state index contributed by atoms with van der Waals surface area (Å²) in [5.41, 5.74) is -1.80. The van der Waals surface area contributed by atoms with Gasteiger partial charge in [-0.1, -0.05) is 0 Å². The summed E-state index contributed by atoms with van der Waals surface area (Å²) in [6.45, 7) is 0.705. The summed E-state index contributed by atoms with van der Waals surface area (Å²) in [5, 5.41) is 12.8. The maximum absolute atomic E-state index is 15.0. The number of carbonyl (C=O) groups excluding carboxylic acids is 1. The number of hydrogen-bond donors (Lipinski definition) is 3. The number of hydrogen-bond acceptors (Lipinski definition) is 7. The topological polar surface area (TPSA) is 119 Å². The van der Waals surface area contributed by atoms with Gasteiger partial charge < -0.3 is 0 Å². The Morgan fingerprint density at radius 2 is 1.90 bits per heavy atom. The fourth-order valence-electron chi connectivity index (χ4n) is 4.12. The molecule has 1 amide bonds. The second-order valence-corrected chi connectivity index (χ2v) is 14.8. The molecule has 3 N–H and O–H groups in total. The Morgan fingerprint density at radius 3 is 2.54 bits per heavy atom. The molecule has 39 heavy (non-hydrogen) atoms. The van der Waals surface area contributed by atoms with Crippen LogP contribution in [0.2, 0.25) is 0 Å². The Hall–Kier alpha value is -2.04. The summed E-state index contributed by atoms with van der Waals surface area (Å²) < 4.78 is 57.0. The number of carbonyl (C=O) groups is 1. The normalized spacial score (nSPS) is 16.1. The average Bonchev–Trinajstić information content (AvgIpc) is 2.87. The van der Waals surface area contributed by atoms with Gasteiger partial charge in [-0.2, -0.15) is 0 Å². The van der Waals surface area contributed by atoms with Crippen LogP contribution in [0.4, 0.5) is 14.5 Å². The molecule has 216 valence electrons. The van der Waals surface area contributed by atoms with E-state index < -0.39 is 43.1 Å². The number of sulfonamides is 1. The zero-order valence-electron chi connectivity index (χ0n) is 21.7. The Balaban J connectivity index is 1.83. The van der Waals surface area contributed by atoms with E-state index in [4.69, 9.17) is 0 Å². The Kier molecular flexibility index (Phi) is 11.3. The van der Waals surface area contributed by atoms with Crippen molar-refractivity contribution >= 4 is 33.4 Å². The first-order valence-corrected chi connectivity index (χ1v) is 16.9. The number of halogens is 3. The maximum atomic E-state index is 15.0. The van der Waals surface area contributed by atoms with Crippen LogP contribution in [-0.2, 0) is 14.8 Å². The number of nitrogens with zero attached hydrogens (tertiary/aromatic N) is 2. The molecule has 0 aromatic heterocycles. The minimum absolute atomic E-state index is 0.0389. The van der Waals surface area contributed by atoms with Crippen molar-refractivity contribution in [3.63, 3.8) is 0 Å².